The van der Waals surface area contributed by atoms with E-state index in [9.17, 15) is 4.79 Å². The Morgan fingerprint density at radius 2 is 2.00 bits per heavy atom. The number of hydrogen-bond donors (Lipinski definition) is 1. The number of benzene rings is 1. The number of nitrogens with zero attached hydrogens (tertiary/aromatic N) is 4. The highest BCUT2D eigenvalue weighted by molar-refractivity contribution is 8.00. The third kappa shape index (κ3) is 4.62. The second-order valence-corrected chi connectivity index (χ2v) is 7.46. The van der Waals surface area contributed by atoms with E-state index in [2.05, 4.69) is 32.6 Å². The van der Waals surface area contributed by atoms with E-state index in [4.69, 9.17) is 11.6 Å². The zero-order valence-electron chi connectivity index (χ0n) is 14.4. The van der Waals surface area contributed by atoms with Crippen molar-refractivity contribution >= 4 is 35.1 Å². The zero-order chi connectivity index (χ0) is 18.5. The Hall–Kier alpha value is -2.38. The van der Waals surface area contributed by atoms with Crippen molar-refractivity contribution < 1.29 is 4.79 Å². The predicted octanol–water partition coefficient (Wildman–Crippen LogP) is 3.80. The number of rotatable bonds is 6. The molecule has 0 bridgehead atoms. The van der Waals surface area contributed by atoms with Gasteiger partial charge in [0.25, 0.3) is 0 Å². The van der Waals surface area contributed by atoms with Crippen LogP contribution in [0.3, 0.4) is 0 Å². The Kier molecular flexibility index (Phi) is 5.90. The van der Waals surface area contributed by atoms with Gasteiger partial charge in [-0.15, -0.1) is 10.2 Å². The van der Waals surface area contributed by atoms with Crippen molar-refractivity contribution in [2.45, 2.75) is 30.8 Å². The van der Waals surface area contributed by atoms with Crippen molar-refractivity contribution in [1.29, 1.82) is 0 Å². The van der Waals surface area contributed by atoms with Crippen molar-refractivity contribution in [2.24, 2.45) is 0 Å². The van der Waals surface area contributed by atoms with Crippen LogP contribution < -0.4 is 5.32 Å². The maximum Gasteiger partial charge on any atom is 0.238 e. The molecule has 1 amide bonds. The molecule has 1 aromatic carbocycles. The van der Waals surface area contributed by atoms with Gasteiger partial charge in [-0.1, -0.05) is 53.7 Å². The average molecular weight is 388 g/mol. The van der Waals surface area contributed by atoms with Gasteiger partial charge < -0.3 is 9.88 Å². The summed E-state index contributed by atoms with van der Waals surface area (Å²) in [6, 6.07) is 13.4. The maximum atomic E-state index is 12.4. The van der Waals surface area contributed by atoms with Crippen molar-refractivity contribution in [3.8, 4) is 0 Å². The van der Waals surface area contributed by atoms with Gasteiger partial charge >= 0.3 is 0 Å². The van der Waals surface area contributed by atoms with Gasteiger partial charge in [0.15, 0.2) is 5.16 Å². The van der Waals surface area contributed by atoms with Crippen LogP contribution in [0.2, 0.25) is 5.02 Å². The first-order valence-corrected chi connectivity index (χ1v) is 9.31. The number of amides is 1. The van der Waals surface area contributed by atoms with Crippen LogP contribution in [0.25, 0.3) is 0 Å². The van der Waals surface area contributed by atoms with Crippen LogP contribution in [-0.2, 0) is 11.3 Å². The van der Waals surface area contributed by atoms with Crippen LogP contribution in [0.1, 0.15) is 18.3 Å². The van der Waals surface area contributed by atoms with Gasteiger partial charge in [0.05, 0.1) is 16.8 Å². The molecule has 0 aliphatic rings. The number of halogens is 1. The van der Waals surface area contributed by atoms with Crippen LogP contribution in [0, 0.1) is 6.92 Å². The Labute approximate surface area is 161 Å². The van der Waals surface area contributed by atoms with E-state index >= 15 is 0 Å². The first-order chi connectivity index (χ1) is 12.5. The second-order valence-electron chi connectivity index (χ2n) is 5.71. The summed E-state index contributed by atoms with van der Waals surface area (Å²) in [7, 11) is 0. The molecule has 1 N–H and O–H groups in total. The quantitative estimate of drug-likeness (QED) is 0.651. The number of aryl methyl sites for hydroxylation is 1. The summed E-state index contributed by atoms with van der Waals surface area (Å²) in [5.74, 6) is 1.12. The highest BCUT2D eigenvalue weighted by Crippen LogP contribution is 2.24. The van der Waals surface area contributed by atoms with Gasteiger partial charge in [-0.25, -0.2) is 4.98 Å². The van der Waals surface area contributed by atoms with E-state index in [1.165, 1.54) is 18.0 Å². The molecule has 0 spiro atoms. The molecule has 0 aliphatic carbocycles. The largest absolute Gasteiger partial charge is 0.310 e. The maximum absolute atomic E-state index is 12.4. The number of hydrogen-bond acceptors (Lipinski definition) is 5. The van der Waals surface area contributed by atoms with Gasteiger partial charge in [-0.05, 0) is 31.5 Å². The van der Waals surface area contributed by atoms with E-state index < -0.39 is 0 Å². The van der Waals surface area contributed by atoms with Gasteiger partial charge in [0, 0.05) is 6.20 Å². The average Bonchev–Trinajstić information content (AvgIpc) is 2.98. The van der Waals surface area contributed by atoms with Gasteiger partial charge in [-0.3, -0.25) is 4.79 Å². The molecule has 134 valence electrons. The van der Waals surface area contributed by atoms with E-state index in [1.807, 2.05) is 36.6 Å². The van der Waals surface area contributed by atoms with Crippen LogP contribution in [0.5, 0.6) is 0 Å². The molecule has 0 saturated heterocycles. The summed E-state index contributed by atoms with van der Waals surface area (Å²) in [5, 5.41) is 12.0. The van der Waals surface area contributed by atoms with Gasteiger partial charge in [-0.2, -0.15) is 0 Å². The zero-order valence-corrected chi connectivity index (χ0v) is 16.0. The van der Waals surface area contributed by atoms with E-state index in [-0.39, 0.29) is 11.2 Å². The second kappa shape index (κ2) is 8.33. The van der Waals surface area contributed by atoms with E-state index in [0.717, 1.165) is 11.4 Å². The Bertz CT molecular complexity index is 882. The first-order valence-electron chi connectivity index (χ1n) is 8.06. The summed E-state index contributed by atoms with van der Waals surface area (Å²) in [6.45, 7) is 4.39. The van der Waals surface area contributed by atoms with Gasteiger partial charge in [0.1, 0.15) is 11.6 Å². The van der Waals surface area contributed by atoms with E-state index in [0.29, 0.717) is 22.5 Å². The summed E-state index contributed by atoms with van der Waals surface area (Å²) >= 11 is 7.17. The van der Waals surface area contributed by atoms with Crippen molar-refractivity contribution in [2.75, 3.05) is 5.32 Å². The standard InChI is InChI=1S/C18H18ClN5OS/c1-12(17(25)21-16-9-8-15(19)10-20-16)26-18-23-22-13(2)24(18)11-14-6-4-3-5-7-14/h3-10,12H,11H2,1-2H3,(H,20,21,25)/t12-/m0/s1. The number of anilines is 1. The molecule has 0 saturated carbocycles. The minimum Gasteiger partial charge on any atom is -0.310 e. The van der Waals surface area contributed by atoms with E-state index in [1.54, 1.807) is 12.1 Å². The molecule has 0 fully saturated rings. The molecule has 2 aromatic heterocycles. The normalized spacial score (nSPS) is 12.0. The minimum atomic E-state index is -0.356. The number of thioether (sulfide) groups is 1. The molecule has 26 heavy (non-hydrogen) atoms. The van der Waals surface area contributed by atoms with Crippen molar-refractivity contribution in [1.82, 2.24) is 19.7 Å². The van der Waals surface area contributed by atoms with Crippen LogP contribution in [0.15, 0.2) is 53.8 Å². The lowest BCUT2D eigenvalue weighted by Gasteiger charge is -2.13. The number of carbonyl (C=O) groups is 1. The summed E-state index contributed by atoms with van der Waals surface area (Å²) < 4.78 is 2.00. The van der Waals surface area contributed by atoms with Crippen LogP contribution in [0.4, 0.5) is 5.82 Å². The molecule has 2 heterocycles. The molecule has 6 nitrogen and oxygen atoms in total. The molecular formula is C18H18ClN5OS. The molecule has 1 atom stereocenters. The predicted molar refractivity (Wildman–Crippen MR) is 103 cm³/mol. The summed E-state index contributed by atoms with van der Waals surface area (Å²) in [4.78, 5) is 16.5. The third-order valence-corrected chi connectivity index (χ3v) is 5.02. The lowest BCUT2D eigenvalue weighted by atomic mass is 10.2. The fraction of sp³-hybridized carbons (Fsp3) is 0.222. The highest BCUT2D eigenvalue weighted by atomic mass is 35.5. The molecule has 0 unspecified atom stereocenters. The summed E-state index contributed by atoms with van der Waals surface area (Å²) in [6.07, 6.45) is 1.49. The topological polar surface area (TPSA) is 72.7 Å². The molecule has 0 aliphatic heterocycles. The molecule has 3 aromatic rings. The third-order valence-electron chi connectivity index (χ3n) is 3.72. The number of aromatic nitrogens is 4. The first kappa shape index (κ1) is 18.4. The molecule has 0 radical (unpaired) electrons. The van der Waals surface area contributed by atoms with Crippen molar-refractivity contribution in [3.63, 3.8) is 0 Å². The lowest BCUT2D eigenvalue weighted by molar-refractivity contribution is -0.115. The van der Waals surface area contributed by atoms with Crippen LogP contribution >= 0.6 is 23.4 Å². The highest BCUT2D eigenvalue weighted by Gasteiger charge is 2.19. The van der Waals surface area contributed by atoms with Gasteiger partial charge in [0.2, 0.25) is 5.91 Å². The number of carbonyl (C=O) groups excluding carboxylic acids is 1. The summed E-state index contributed by atoms with van der Waals surface area (Å²) in [5.41, 5.74) is 1.15. The Morgan fingerprint density at radius 3 is 2.69 bits per heavy atom. The van der Waals surface area contributed by atoms with Crippen molar-refractivity contribution in [3.05, 3.63) is 65.1 Å². The number of nitrogens with one attached hydrogen (secondary N) is 1. The Morgan fingerprint density at radius 1 is 1.23 bits per heavy atom. The minimum absolute atomic E-state index is 0.156. The smallest absolute Gasteiger partial charge is 0.238 e. The monoisotopic (exact) mass is 387 g/mol. The SMILES string of the molecule is Cc1nnc(S[C@@H](C)C(=O)Nc2ccc(Cl)cn2)n1Cc1ccccc1. The molecule has 3 rings (SSSR count). The number of pyridine rings is 1. The fourth-order valence-corrected chi connectivity index (χ4v) is 3.29. The molecule has 8 heteroatoms. The Balaban J connectivity index is 1.68. The fourth-order valence-electron chi connectivity index (χ4n) is 2.29. The molecular weight excluding hydrogens is 370 g/mol. The van der Waals surface area contributed by atoms with Crippen LogP contribution in [-0.4, -0.2) is 30.9 Å². The lowest BCUT2D eigenvalue weighted by Crippen LogP contribution is -2.23.